The number of aliphatic hydroxyl groups excluding tert-OH is 1. The summed E-state index contributed by atoms with van der Waals surface area (Å²) in [6.45, 7) is 2.22. The minimum atomic E-state index is 0.0651. The standard InChI is InChI=1S/C10H16O/c1-5-8-4-6-2-3-7(6)9(8)10(5)11/h5-11H,2-4H2,1H3. The van der Waals surface area contributed by atoms with Crippen molar-refractivity contribution in [2.45, 2.75) is 32.3 Å². The quantitative estimate of drug-likeness (QED) is 0.559. The summed E-state index contributed by atoms with van der Waals surface area (Å²) in [5, 5.41) is 9.71. The third-order valence-electron chi connectivity index (χ3n) is 4.65. The molecule has 0 aromatic rings. The maximum atomic E-state index is 9.71. The first-order chi connectivity index (χ1) is 5.29. The van der Waals surface area contributed by atoms with E-state index in [4.69, 9.17) is 0 Å². The molecule has 3 aliphatic rings. The highest BCUT2D eigenvalue weighted by Gasteiger charge is 2.59. The zero-order valence-corrected chi connectivity index (χ0v) is 7.03. The third-order valence-corrected chi connectivity index (χ3v) is 4.65. The van der Waals surface area contributed by atoms with Gasteiger partial charge in [0.25, 0.3) is 0 Å². The Morgan fingerprint density at radius 2 is 2.00 bits per heavy atom. The molecular weight excluding hydrogens is 136 g/mol. The van der Waals surface area contributed by atoms with E-state index in [0.29, 0.717) is 5.92 Å². The fraction of sp³-hybridized carbons (Fsp3) is 1.00. The Kier molecular flexibility index (Phi) is 1.07. The van der Waals surface area contributed by atoms with Crippen molar-refractivity contribution in [3.05, 3.63) is 0 Å². The molecule has 0 saturated heterocycles. The molecule has 62 valence electrons. The van der Waals surface area contributed by atoms with Gasteiger partial charge in [-0.05, 0) is 48.9 Å². The van der Waals surface area contributed by atoms with Crippen LogP contribution in [-0.2, 0) is 0 Å². The van der Waals surface area contributed by atoms with Crippen LogP contribution < -0.4 is 0 Å². The van der Waals surface area contributed by atoms with Crippen LogP contribution in [0.4, 0.5) is 0 Å². The summed E-state index contributed by atoms with van der Waals surface area (Å²) in [4.78, 5) is 0. The predicted molar refractivity (Wildman–Crippen MR) is 43.0 cm³/mol. The van der Waals surface area contributed by atoms with E-state index < -0.39 is 0 Å². The molecule has 0 bridgehead atoms. The molecule has 3 rings (SSSR count). The lowest BCUT2D eigenvalue weighted by atomic mass is 9.60. The Bertz CT molecular complexity index is 189. The van der Waals surface area contributed by atoms with E-state index in [0.717, 1.165) is 23.7 Å². The van der Waals surface area contributed by atoms with Crippen molar-refractivity contribution in [2.75, 3.05) is 0 Å². The molecule has 0 spiro atoms. The van der Waals surface area contributed by atoms with Gasteiger partial charge in [-0.1, -0.05) is 6.92 Å². The zero-order valence-electron chi connectivity index (χ0n) is 7.03. The number of fused-ring (bicyclic) bond motifs is 3. The van der Waals surface area contributed by atoms with Crippen molar-refractivity contribution in [3.8, 4) is 0 Å². The monoisotopic (exact) mass is 152 g/mol. The van der Waals surface area contributed by atoms with Crippen molar-refractivity contribution in [1.29, 1.82) is 0 Å². The normalized spacial score (nSPS) is 66.0. The van der Waals surface area contributed by atoms with Crippen molar-refractivity contribution >= 4 is 0 Å². The van der Waals surface area contributed by atoms with Gasteiger partial charge in [-0.2, -0.15) is 0 Å². The van der Waals surface area contributed by atoms with Crippen molar-refractivity contribution < 1.29 is 5.11 Å². The molecule has 6 atom stereocenters. The number of hydrogen-bond acceptors (Lipinski definition) is 1. The SMILES string of the molecule is CC1C(O)C2C3CCC3CC12. The molecule has 0 aliphatic heterocycles. The average molecular weight is 152 g/mol. The van der Waals surface area contributed by atoms with Crippen LogP contribution in [0.5, 0.6) is 0 Å². The fourth-order valence-electron chi connectivity index (χ4n) is 3.75. The van der Waals surface area contributed by atoms with Crippen LogP contribution >= 0.6 is 0 Å². The maximum Gasteiger partial charge on any atom is 0.0602 e. The van der Waals surface area contributed by atoms with E-state index in [9.17, 15) is 5.11 Å². The maximum absolute atomic E-state index is 9.71. The largest absolute Gasteiger partial charge is 0.393 e. The molecule has 0 aromatic carbocycles. The van der Waals surface area contributed by atoms with Gasteiger partial charge in [0.05, 0.1) is 6.10 Å². The number of hydrogen-bond donors (Lipinski definition) is 1. The number of rotatable bonds is 0. The van der Waals surface area contributed by atoms with Gasteiger partial charge in [0, 0.05) is 0 Å². The first kappa shape index (κ1) is 6.47. The highest BCUT2D eigenvalue weighted by Crippen LogP contribution is 2.63. The Morgan fingerprint density at radius 3 is 2.64 bits per heavy atom. The molecule has 3 aliphatic carbocycles. The molecule has 3 fully saturated rings. The minimum Gasteiger partial charge on any atom is -0.393 e. The Balaban J connectivity index is 1.84. The van der Waals surface area contributed by atoms with Crippen LogP contribution in [0, 0.1) is 29.6 Å². The smallest absolute Gasteiger partial charge is 0.0602 e. The molecule has 1 heteroatoms. The lowest BCUT2D eigenvalue weighted by Crippen LogP contribution is -2.49. The summed E-state index contributed by atoms with van der Waals surface area (Å²) < 4.78 is 0. The van der Waals surface area contributed by atoms with Crippen molar-refractivity contribution in [2.24, 2.45) is 29.6 Å². The van der Waals surface area contributed by atoms with E-state index in [1.807, 2.05) is 0 Å². The van der Waals surface area contributed by atoms with Crippen molar-refractivity contribution in [3.63, 3.8) is 0 Å². The van der Waals surface area contributed by atoms with Gasteiger partial charge in [-0.15, -0.1) is 0 Å². The van der Waals surface area contributed by atoms with Gasteiger partial charge in [0.1, 0.15) is 0 Å². The third kappa shape index (κ3) is 0.581. The lowest BCUT2D eigenvalue weighted by Gasteiger charge is -2.47. The molecule has 0 radical (unpaired) electrons. The molecule has 1 nitrogen and oxygen atoms in total. The molecule has 1 N–H and O–H groups in total. The molecule has 3 saturated carbocycles. The fourth-order valence-corrected chi connectivity index (χ4v) is 3.75. The molecule has 11 heavy (non-hydrogen) atoms. The van der Waals surface area contributed by atoms with E-state index in [1.165, 1.54) is 19.3 Å². The molecule has 0 aromatic heterocycles. The van der Waals surface area contributed by atoms with Gasteiger partial charge in [-0.25, -0.2) is 0 Å². The summed E-state index contributed by atoms with van der Waals surface area (Å²) >= 11 is 0. The Morgan fingerprint density at radius 1 is 1.18 bits per heavy atom. The highest BCUT2D eigenvalue weighted by atomic mass is 16.3. The van der Waals surface area contributed by atoms with Gasteiger partial charge in [-0.3, -0.25) is 0 Å². The van der Waals surface area contributed by atoms with Crippen LogP contribution in [0.3, 0.4) is 0 Å². The summed E-state index contributed by atoms with van der Waals surface area (Å²) in [7, 11) is 0. The zero-order chi connectivity index (χ0) is 7.59. The number of aliphatic hydroxyl groups is 1. The molecule has 0 heterocycles. The second-order valence-corrected chi connectivity index (χ2v) is 4.83. The van der Waals surface area contributed by atoms with Crippen LogP contribution in [-0.4, -0.2) is 11.2 Å². The minimum absolute atomic E-state index is 0.0651. The van der Waals surface area contributed by atoms with Crippen LogP contribution in [0.2, 0.25) is 0 Å². The second-order valence-electron chi connectivity index (χ2n) is 4.83. The average Bonchev–Trinajstić information content (AvgIpc) is 2.21. The predicted octanol–water partition coefficient (Wildman–Crippen LogP) is 1.66. The first-order valence-electron chi connectivity index (χ1n) is 4.97. The Hall–Kier alpha value is -0.0400. The van der Waals surface area contributed by atoms with E-state index >= 15 is 0 Å². The van der Waals surface area contributed by atoms with Gasteiger partial charge in [0.15, 0.2) is 0 Å². The van der Waals surface area contributed by atoms with E-state index in [-0.39, 0.29) is 6.10 Å². The van der Waals surface area contributed by atoms with E-state index in [2.05, 4.69) is 6.92 Å². The summed E-state index contributed by atoms with van der Waals surface area (Å²) in [5.41, 5.74) is 0. The first-order valence-corrected chi connectivity index (χ1v) is 4.97. The van der Waals surface area contributed by atoms with Crippen LogP contribution in [0.15, 0.2) is 0 Å². The second kappa shape index (κ2) is 1.82. The van der Waals surface area contributed by atoms with Gasteiger partial charge in [0.2, 0.25) is 0 Å². The van der Waals surface area contributed by atoms with Crippen molar-refractivity contribution in [1.82, 2.24) is 0 Å². The van der Waals surface area contributed by atoms with E-state index in [1.54, 1.807) is 0 Å². The van der Waals surface area contributed by atoms with Gasteiger partial charge < -0.3 is 5.11 Å². The van der Waals surface area contributed by atoms with Crippen LogP contribution in [0.25, 0.3) is 0 Å². The lowest BCUT2D eigenvalue weighted by molar-refractivity contribution is -0.0992. The summed E-state index contributed by atoms with van der Waals surface area (Å²) in [6, 6.07) is 0. The van der Waals surface area contributed by atoms with Crippen LogP contribution in [0.1, 0.15) is 26.2 Å². The van der Waals surface area contributed by atoms with Gasteiger partial charge >= 0.3 is 0 Å². The summed E-state index contributed by atoms with van der Waals surface area (Å²) in [5.74, 6) is 4.20. The molecule has 6 unspecified atom stereocenters. The highest BCUT2D eigenvalue weighted by molar-refractivity contribution is 5.08. The summed E-state index contributed by atoms with van der Waals surface area (Å²) in [6.07, 6.45) is 4.37. The molecular formula is C10H16O. The topological polar surface area (TPSA) is 20.2 Å². The Labute approximate surface area is 67.8 Å². The molecule has 0 amide bonds.